The van der Waals surface area contributed by atoms with E-state index in [4.69, 9.17) is 9.47 Å². The third kappa shape index (κ3) is 3.21. The number of carbonyl (C=O) groups is 2. The molecule has 7 heteroatoms. The Morgan fingerprint density at radius 3 is 2.54 bits per heavy atom. The van der Waals surface area contributed by atoms with E-state index in [1.807, 2.05) is 6.92 Å². The van der Waals surface area contributed by atoms with Gasteiger partial charge in [0.25, 0.3) is 5.91 Å². The number of nitrogens with one attached hydrogen (secondary N) is 2. The van der Waals surface area contributed by atoms with Crippen molar-refractivity contribution in [1.82, 2.24) is 10.3 Å². The fraction of sp³-hybridized carbons (Fsp3) is 0.474. The number of carboxylic acids is 1. The molecular formula is C19H24N2O5. The maximum atomic E-state index is 12.8. The van der Waals surface area contributed by atoms with Gasteiger partial charge in [-0.3, -0.25) is 9.59 Å². The Labute approximate surface area is 151 Å². The number of methoxy groups -OCH3 is 2. The first-order valence-corrected chi connectivity index (χ1v) is 8.68. The van der Waals surface area contributed by atoms with E-state index < -0.39 is 17.4 Å². The van der Waals surface area contributed by atoms with Crippen LogP contribution in [0, 0.1) is 5.92 Å². The van der Waals surface area contributed by atoms with Crippen LogP contribution in [-0.2, 0) is 4.79 Å². The molecule has 26 heavy (non-hydrogen) atoms. The molecular weight excluding hydrogens is 336 g/mol. The molecule has 0 spiro atoms. The molecule has 1 aromatic carbocycles. The highest BCUT2D eigenvalue weighted by Crippen LogP contribution is 2.35. The summed E-state index contributed by atoms with van der Waals surface area (Å²) in [5, 5.41) is 13.3. The fourth-order valence-corrected chi connectivity index (χ4v) is 3.79. The van der Waals surface area contributed by atoms with Crippen molar-refractivity contribution in [3.8, 4) is 11.5 Å². The number of rotatable bonds is 5. The molecule has 140 valence electrons. The standard InChI is InChI=1S/C19H24N2O5/c1-19(7-5-4-6-12(19)18(23)24)21-17(22)14-8-11-9-15(25-2)16(26-3)10-13(11)20-14/h8-10,12,20H,4-7H2,1-3H3,(H,21,22)(H,23,24). The highest BCUT2D eigenvalue weighted by molar-refractivity contribution is 5.99. The molecule has 2 unspecified atom stereocenters. The Morgan fingerprint density at radius 2 is 1.88 bits per heavy atom. The SMILES string of the molecule is COc1cc2cc(C(=O)NC3(C)CCCCC3C(=O)O)[nH]c2cc1OC. The molecule has 3 rings (SSSR count). The van der Waals surface area contributed by atoms with E-state index in [-0.39, 0.29) is 5.91 Å². The Kier molecular flexibility index (Phi) is 4.80. The van der Waals surface area contributed by atoms with Gasteiger partial charge in [0.2, 0.25) is 0 Å². The summed E-state index contributed by atoms with van der Waals surface area (Å²) in [6.07, 6.45) is 3.00. The Balaban J connectivity index is 1.88. The number of amides is 1. The van der Waals surface area contributed by atoms with Crippen LogP contribution in [-0.4, -0.2) is 41.7 Å². The van der Waals surface area contributed by atoms with Crippen molar-refractivity contribution in [3.05, 3.63) is 23.9 Å². The van der Waals surface area contributed by atoms with Crippen LogP contribution in [0.15, 0.2) is 18.2 Å². The van der Waals surface area contributed by atoms with Crippen molar-refractivity contribution >= 4 is 22.8 Å². The molecule has 1 aromatic heterocycles. The van der Waals surface area contributed by atoms with Crippen LogP contribution in [0.4, 0.5) is 0 Å². The Hall–Kier alpha value is -2.70. The van der Waals surface area contributed by atoms with E-state index in [0.29, 0.717) is 30.0 Å². The number of carbonyl (C=O) groups excluding carboxylic acids is 1. The second-order valence-corrected chi connectivity index (χ2v) is 6.99. The van der Waals surface area contributed by atoms with Crippen LogP contribution in [0.3, 0.4) is 0 Å². The fourth-order valence-electron chi connectivity index (χ4n) is 3.79. The maximum absolute atomic E-state index is 12.8. The van der Waals surface area contributed by atoms with Crippen LogP contribution >= 0.6 is 0 Å². The number of hydrogen-bond donors (Lipinski definition) is 3. The first kappa shape index (κ1) is 18.1. The summed E-state index contributed by atoms with van der Waals surface area (Å²) in [7, 11) is 3.11. The molecule has 7 nitrogen and oxygen atoms in total. The minimum atomic E-state index is -0.862. The number of fused-ring (bicyclic) bond motifs is 1. The van der Waals surface area contributed by atoms with E-state index in [1.54, 1.807) is 32.4 Å². The van der Waals surface area contributed by atoms with E-state index in [0.717, 1.165) is 23.7 Å². The number of aliphatic carboxylic acids is 1. The van der Waals surface area contributed by atoms with Gasteiger partial charge in [0.1, 0.15) is 5.69 Å². The van der Waals surface area contributed by atoms with Crippen molar-refractivity contribution in [2.24, 2.45) is 5.92 Å². The van der Waals surface area contributed by atoms with Crippen LogP contribution in [0.25, 0.3) is 10.9 Å². The van der Waals surface area contributed by atoms with E-state index in [1.165, 1.54) is 0 Å². The zero-order valence-electron chi connectivity index (χ0n) is 15.2. The quantitative estimate of drug-likeness (QED) is 0.761. The molecule has 0 aliphatic heterocycles. The lowest BCUT2D eigenvalue weighted by molar-refractivity contribution is -0.145. The summed E-state index contributed by atoms with van der Waals surface area (Å²) >= 11 is 0. The van der Waals surface area contributed by atoms with Gasteiger partial charge in [0.15, 0.2) is 11.5 Å². The lowest BCUT2D eigenvalue weighted by Crippen LogP contribution is -2.55. The van der Waals surface area contributed by atoms with Crippen molar-refractivity contribution < 1.29 is 24.2 Å². The number of ether oxygens (including phenoxy) is 2. The third-order valence-electron chi connectivity index (χ3n) is 5.27. The molecule has 2 atom stereocenters. The van der Waals surface area contributed by atoms with E-state index in [2.05, 4.69) is 10.3 Å². The van der Waals surface area contributed by atoms with Crippen molar-refractivity contribution in [1.29, 1.82) is 0 Å². The monoisotopic (exact) mass is 360 g/mol. The Bertz CT molecular complexity index is 803. The molecule has 0 saturated heterocycles. The predicted octanol–water partition coefficient (Wildman–Crippen LogP) is 2.95. The normalized spacial score (nSPS) is 22.8. The molecule has 1 heterocycles. The molecule has 0 radical (unpaired) electrons. The molecule has 1 aliphatic carbocycles. The number of benzene rings is 1. The van der Waals surface area contributed by atoms with Crippen LogP contribution in [0.2, 0.25) is 0 Å². The number of aromatic nitrogens is 1. The van der Waals surface area contributed by atoms with Gasteiger partial charge in [0, 0.05) is 17.0 Å². The largest absolute Gasteiger partial charge is 0.493 e. The van der Waals surface area contributed by atoms with Gasteiger partial charge in [-0.2, -0.15) is 0 Å². The average molecular weight is 360 g/mol. The highest BCUT2D eigenvalue weighted by Gasteiger charge is 2.42. The summed E-state index contributed by atoms with van der Waals surface area (Å²) in [4.78, 5) is 27.4. The summed E-state index contributed by atoms with van der Waals surface area (Å²) in [5.41, 5.74) is 0.371. The number of carboxylic acid groups (broad SMARTS) is 1. The smallest absolute Gasteiger partial charge is 0.308 e. The molecule has 1 saturated carbocycles. The van der Waals surface area contributed by atoms with Crippen molar-refractivity contribution in [3.63, 3.8) is 0 Å². The zero-order valence-corrected chi connectivity index (χ0v) is 15.2. The summed E-state index contributed by atoms with van der Waals surface area (Å²) in [5.74, 6) is -0.603. The molecule has 1 fully saturated rings. The van der Waals surface area contributed by atoms with E-state index >= 15 is 0 Å². The second kappa shape index (κ2) is 6.90. The molecule has 2 aromatic rings. The van der Waals surface area contributed by atoms with Gasteiger partial charge in [-0.1, -0.05) is 12.8 Å². The van der Waals surface area contributed by atoms with Gasteiger partial charge in [-0.15, -0.1) is 0 Å². The van der Waals surface area contributed by atoms with Gasteiger partial charge in [0.05, 0.1) is 25.7 Å². The molecule has 0 bridgehead atoms. The van der Waals surface area contributed by atoms with Crippen molar-refractivity contribution in [2.45, 2.75) is 38.1 Å². The third-order valence-corrected chi connectivity index (χ3v) is 5.27. The lowest BCUT2D eigenvalue weighted by atomic mass is 9.74. The second-order valence-electron chi connectivity index (χ2n) is 6.99. The van der Waals surface area contributed by atoms with Gasteiger partial charge in [-0.05, 0) is 31.9 Å². The van der Waals surface area contributed by atoms with Crippen molar-refractivity contribution in [2.75, 3.05) is 14.2 Å². The van der Waals surface area contributed by atoms with Crippen LogP contribution in [0.1, 0.15) is 43.1 Å². The minimum Gasteiger partial charge on any atom is -0.493 e. The Morgan fingerprint density at radius 1 is 1.19 bits per heavy atom. The summed E-state index contributed by atoms with van der Waals surface area (Å²) in [6.45, 7) is 1.82. The number of hydrogen-bond acceptors (Lipinski definition) is 4. The maximum Gasteiger partial charge on any atom is 0.308 e. The van der Waals surface area contributed by atoms with Crippen LogP contribution < -0.4 is 14.8 Å². The zero-order chi connectivity index (χ0) is 18.9. The first-order chi connectivity index (χ1) is 12.4. The molecule has 1 aliphatic rings. The average Bonchev–Trinajstić information content (AvgIpc) is 3.03. The van der Waals surface area contributed by atoms with E-state index in [9.17, 15) is 14.7 Å². The van der Waals surface area contributed by atoms with Gasteiger partial charge < -0.3 is 24.9 Å². The summed E-state index contributed by atoms with van der Waals surface area (Å²) < 4.78 is 10.6. The lowest BCUT2D eigenvalue weighted by Gasteiger charge is -2.39. The summed E-state index contributed by atoms with van der Waals surface area (Å²) in [6, 6.07) is 5.30. The highest BCUT2D eigenvalue weighted by atomic mass is 16.5. The minimum absolute atomic E-state index is 0.310. The molecule has 3 N–H and O–H groups in total. The first-order valence-electron chi connectivity index (χ1n) is 8.68. The number of H-pyrrole nitrogens is 1. The van der Waals surface area contributed by atoms with Crippen LogP contribution in [0.5, 0.6) is 11.5 Å². The predicted molar refractivity (Wildman–Crippen MR) is 96.9 cm³/mol. The van der Waals surface area contributed by atoms with Gasteiger partial charge in [-0.25, -0.2) is 0 Å². The number of aromatic amines is 1. The topological polar surface area (TPSA) is 101 Å². The molecule has 1 amide bonds. The van der Waals surface area contributed by atoms with Gasteiger partial charge >= 0.3 is 5.97 Å².